The number of halogens is 1. The number of rotatable bonds is 4. The number of benzene rings is 1. The first-order chi connectivity index (χ1) is 14.1. The Morgan fingerprint density at radius 2 is 2.07 bits per heavy atom. The molecule has 1 saturated heterocycles. The van der Waals surface area contributed by atoms with Crippen LogP contribution in [0.2, 0.25) is 0 Å². The summed E-state index contributed by atoms with van der Waals surface area (Å²) in [7, 11) is 2.93. The Bertz CT molecular complexity index is 966. The number of amides is 1. The maximum absolute atomic E-state index is 14.9. The third-order valence-electron chi connectivity index (χ3n) is 5.22. The molecule has 2 heterocycles. The van der Waals surface area contributed by atoms with Gasteiger partial charge in [0.05, 0.1) is 18.8 Å². The van der Waals surface area contributed by atoms with Crippen LogP contribution in [0.15, 0.2) is 12.3 Å². The van der Waals surface area contributed by atoms with E-state index in [-0.39, 0.29) is 23.2 Å². The highest BCUT2D eigenvalue weighted by molar-refractivity contribution is 6.07. The van der Waals surface area contributed by atoms with E-state index in [1.165, 1.54) is 13.2 Å². The van der Waals surface area contributed by atoms with E-state index in [1.54, 1.807) is 22.8 Å². The van der Waals surface area contributed by atoms with Gasteiger partial charge in [0.15, 0.2) is 0 Å². The average molecular weight is 420 g/mol. The molecule has 0 N–H and O–H groups in total. The van der Waals surface area contributed by atoms with Crippen molar-refractivity contribution in [2.45, 2.75) is 52.3 Å². The summed E-state index contributed by atoms with van der Waals surface area (Å²) in [5, 5.41) is 5.06. The van der Waals surface area contributed by atoms with Crippen molar-refractivity contribution in [2.75, 3.05) is 32.1 Å². The number of carbonyl (C=O) groups is 2. The van der Waals surface area contributed by atoms with Crippen LogP contribution in [0.5, 0.6) is 0 Å². The number of ether oxygens (including phenoxy) is 2. The van der Waals surface area contributed by atoms with Crippen molar-refractivity contribution in [3.05, 3.63) is 23.6 Å². The van der Waals surface area contributed by atoms with Crippen LogP contribution in [0.3, 0.4) is 0 Å². The molecule has 3 rings (SSSR count). The molecule has 8 nitrogen and oxygen atoms in total. The fourth-order valence-corrected chi connectivity index (χ4v) is 3.66. The summed E-state index contributed by atoms with van der Waals surface area (Å²) in [6, 6.07) is 1.28. The third kappa shape index (κ3) is 4.20. The number of anilines is 1. The summed E-state index contributed by atoms with van der Waals surface area (Å²) in [4.78, 5) is 28.1. The van der Waals surface area contributed by atoms with Gasteiger partial charge in [0, 0.05) is 38.3 Å². The standard InChI is InChI=1S/C21H29FN4O4/c1-7-26-12-14-16(10-15(22)17(18(14)23-26)19(27)29-6)25-9-8-13(11-25)24(5)20(28)30-21(2,3)4/h10,12-13H,7-9,11H2,1-6H3/t13-/m0/s1. The molecule has 164 valence electrons. The SMILES string of the molecule is CCn1cc2c(N3CC[C@H](N(C)C(=O)OC(C)(C)C)C3)cc(F)c(C(=O)OC)c2n1. The summed E-state index contributed by atoms with van der Waals surface area (Å²) in [5.41, 5.74) is 0.194. The molecule has 0 spiro atoms. The number of methoxy groups -OCH3 is 1. The Hall–Kier alpha value is -2.84. The first-order valence-electron chi connectivity index (χ1n) is 10.0. The summed E-state index contributed by atoms with van der Waals surface area (Å²) in [6.45, 7) is 9.15. The van der Waals surface area contributed by atoms with Gasteiger partial charge in [0.1, 0.15) is 22.5 Å². The molecule has 0 bridgehead atoms. The molecule has 0 saturated carbocycles. The Balaban J connectivity index is 1.92. The molecule has 0 radical (unpaired) electrons. The molecular formula is C21H29FN4O4. The fraction of sp³-hybridized carbons (Fsp3) is 0.571. The van der Waals surface area contributed by atoms with Crippen LogP contribution in [0, 0.1) is 5.82 Å². The zero-order valence-corrected chi connectivity index (χ0v) is 18.4. The van der Waals surface area contributed by atoms with Crippen molar-refractivity contribution >= 4 is 28.7 Å². The number of esters is 1. The molecular weight excluding hydrogens is 391 g/mol. The quantitative estimate of drug-likeness (QED) is 0.706. The molecule has 0 unspecified atom stereocenters. The second-order valence-corrected chi connectivity index (χ2v) is 8.47. The highest BCUT2D eigenvalue weighted by Gasteiger charge is 2.33. The topological polar surface area (TPSA) is 76.9 Å². The van der Waals surface area contributed by atoms with Crippen molar-refractivity contribution in [3.8, 4) is 0 Å². The van der Waals surface area contributed by atoms with Gasteiger partial charge in [-0.3, -0.25) is 4.68 Å². The van der Waals surface area contributed by atoms with Gasteiger partial charge in [-0.05, 0) is 40.2 Å². The molecule has 1 amide bonds. The molecule has 2 aromatic rings. The maximum atomic E-state index is 14.9. The number of fused-ring (bicyclic) bond motifs is 1. The minimum atomic E-state index is -0.755. The van der Waals surface area contributed by atoms with Gasteiger partial charge in [-0.2, -0.15) is 5.10 Å². The van der Waals surface area contributed by atoms with E-state index in [0.29, 0.717) is 30.7 Å². The molecule has 9 heteroatoms. The van der Waals surface area contributed by atoms with E-state index < -0.39 is 17.4 Å². The molecule has 1 fully saturated rings. The lowest BCUT2D eigenvalue weighted by Crippen LogP contribution is -2.42. The number of aryl methyl sites for hydroxylation is 1. The van der Waals surface area contributed by atoms with Gasteiger partial charge in [-0.25, -0.2) is 14.0 Å². The molecule has 1 aliphatic heterocycles. The zero-order chi connectivity index (χ0) is 22.2. The summed E-state index contributed by atoms with van der Waals surface area (Å²) in [6.07, 6.45) is 2.14. The predicted octanol–water partition coefficient (Wildman–Crippen LogP) is 3.43. The van der Waals surface area contributed by atoms with Crippen LogP contribution in [0.1, 0.15) is 44.5 Å². The largest absolute Gasteiger partial charge is 0.465 e. The normalized spacial score (nSPS) is 16.8. The van der Waals surface area contributed by atoms with E-state index in [4.69, 9.17) is 9.47 Å². The third-order valence-corrected chi connectivity index (χ3v) is 5.22. The van der Waals surface area contributed by atoms with Crippen molar-refractivity contribution in [3.63, 3.8) is 0 Å². The highest BCUT2D eigenvalue weighted by atomic mass is 19.1. The molecule has 30 heavy (non-hydrogen) atoms. The molecule has 0 aliphatic carbocycles. The van der Waals surface area contributed by atoms with Gasteiger partial charge in [0.2, 0.25) is 0 Å². The van der Waals surface area contributed by atoms with Crippen LogP contribution in [-0.4, -0.2) is 65.6 Å². The lowest BCUT2D eigenvalue weighted by molar-refractivity contribution is 0.0237. The van der Waals surface area contributed by atoms with Crippen LogP contribution in [-0.2, 0) is 16.0 Å². The van der Waals surface area contributed by atoms with Gasteiger partial charge >= 0.3 is 12.1 Å². The number of carbonyl (C=O) groups excluding carboxylic acids is 2. The number of hydrogen-bond donors (Lipinski definition) is 0. The number of likely N-dealkylation sites (N-methyl/N-ethyl adjacent to an activating group) is 1. The first-order valence-corrected chi connectivity index (χ1v) is 10.0. The lowest BCUT2D eigenvalue weighted by Gasteiger charge is -2.29. The van der Waals surface area contributed by atoms with Gasteiger partial charge < -0.3 is 19.3 Å². The molecule has 1 aliphatic rings. The maximum Gasteiger partial charge on any atom is 0.410 e. The Labute approximate surface area is 175 Å². The average Bonchev–Trinajstić information content (AvgIpc) is 3.32. The van der Waals surface area contributed by atoms with Gasteiger partial charge in [-0.15, -0.1) is 0 Å². The van der Waals surface area contributed by atoms with Crippen LogP contribution in [0.25, 0.3) is 10.9 Å². The van der Waals surface area contributed by atoms with Crippen LogP contribution in [0.4, 0.5) is 14.9 Å². The van der Waals surface area contributed by atoms with E-state index in [9.17, 15) is 14.0 Å². The van der Waals surface area contributed by atoms with E-state index >= 15 is 0 Å². The van der Waals surface area contributed by atoms with Crippen molar-refractivity contribution in [1.82, 2.24) is 14.7 Å². The second-order valence-electron chi connectivity index (χ2n) is 8.47. The first kappa shape index (κ1) is 21.9. The van der Waals surface area contributed by atoms with Crippen molar-refractivity contribution in [2.24, 2.45) is 0 Å². The summed E-state index contributed by atoms with van der Waals surface area (Å²) in [5.74, 6) is -1.43. The van der Waals surface area contributed by atoms with Crippen LogP contribution < -0.4 is 4.90 Å². The Morgan fingerprint density at radius 3 is 2.67 bits per heavy atom. The number of aromatic nitrogens is 2. The number of nitrogens with zero attached hydrogens (tertiary/aromatic N) is 4. The van der Waals surface area contributed by atoms with E-state index in [1.807, 2.05) is 32.6 Å². The Morgan fingerprint density at radius 1 is 1.37 bits per heavy atom. The fourth-order valence-electron chi connectivity index (χ4n) is 3.66. The lowest BCUT2D eigenvalue weighted by atomic mass is 10.1. The molecule has 1 aromatic carbocycles. The second kappa shape index (κ2) is 8.12. The highest BCUT2D eigenvalue weighted by Crippen LogP contribution is 2.34. The minimum Gasteiger partial charge on any atom is -0.465 e. The Kier molecular flexibility index (Phi) is 5.92. The van der Waals surface area contributed by atoms with Gasteiger partial charge in [-0.1, -0.05) is 0 Å². The molecule has 1 atom stereocenters. The number of hydrogen-bond acceptors (Lipinski definition) is 6. The molecule has 1 aromatic heterocycles. The van der Waals surface area contributed by atoms with E-state index in [2.05, 4.69) is 5.10 Å². The van der Waals surface area contributed by atoms with E-state index in [0.717, 1.165) is 6.42 Å². The minimum absolute atomic E-state index is 0.0699. The van der Waals surface area contributed by atoms with Crippen molar-refractivity contribution in [1.29, 1.82) is 0 Å². The smallest absolute Gasteiger partial charge is 0.410 e. The summed E-state index contributed by atoms with van der Waals surface area (Å²) < 4.78 is 26.8. The summed E-state index contributed by atoms with van der Waals surface area (Å²) >= 11 is 0. The van der Waals surface area contributed by atoms with Crippen molar-refractivity contribution < 1.29 is 23.5 Å². The predicted molar refractivity (Wildman–Crippen MR) is 111 cm³/mol. The zero-order valence-electron chi connectivity index (χ0n) is 18.4. The van der Waals surface area contributed by atoms with Crippen LogP contribution >= 0.6 is 0 Å². The monoisotopic (exact) mass is 420 g/mol. The van der Waals surface area contributed by atoms with Gasteiger partial charge in [0.25, 0.3) is 0 Å².